The number of nitrogens with one attached hydrogen (secondary N) is 4. The summed E-state index contributed by atoms with van der Waals surface area (Å²) in [7, 11) is 0. The maximum atomic E-state index is 14.5. The number of fused-ring (bicyclic) bond motifs is 8. The number of rotatable bonds is 8. The van der Waals surface area contributed by atoms with E-state index in [4.69, 9.17) is 0 Å². The second-order valence-electron chi connectivity index (χ2n) is 15.1. The zero-order valence-electron chi connectivity index (χ0n) is 29.9. The standard InChI is InChI=1S/2C19H19FN6O2/c2*20-12-8-22-18(15-11-2-1-7-21-16(11)26-25-15)24-17(12)23-14-10-5-3-9(4-6-10)13(14)19(27)28/h2*1-2,7-10,13-14H,3-6H2,(H,27,28)(H,21,25,26)(H,22,23,24)/t2*9?,10?,13-,14-/m10/s1. The SMILES string of the molecule is O=C(O)[C@@H]1C2CCC(CC2)[C@H]1Nc1nc(-c2[nH]nc3ncccc23)ncc1F.O=C(O)[C@H]1C2CCC(CC2)[C@@H]1Nc1nc(-c2[nH]nc3ncccc23)ncc1F. The molecule has 6 aliphatic carbocycles. The molecule has 18 heteroatoms. The molecule has 6 fully saturated rings. The lowest BCUT2D eigenvalue weighted by molar-refractivity contribution is -0.149. The van der Waals surface area contributed by atoms with Gasteiger partial charge in [0.25, 0.3) is 0 Å². The van der Waals surface area contributed by atoms with E-state index in [1.165, 1.54) is 0 Å². The minimum atomic E-state index is -0.827. The molecule has 0 aromatic carbocycles. The molecule has 0 radical (unpaired) electrons. The predicted octanol–water partition coefficient (Wildman–Crippen LogP) is 5.71. The Kier molecular flexibility index (Phi) is 9.17. The van der Waals surface area contributed by atoms with Crippen LogP contribution in [0.5, 0.6) is 0 Å². The zero-order valence-corrected chi connectivity index (χ0v) is 29.9. The summed E-state index contributed by atoms with van der Waals surface area (Å²) >= 11 is 0. The first kappa shape index (κ1) is 35.5. The van der Waals surface area contributed by atoms with Crippen LogP contribution in [-0.2, 0) is 9.59 Å². The molecule has 288 valence electrons. The molecule has 0 aliphatic heterocycles. The fraction of sp³-hybridized carbons (Fsp3) is 0.421. The number of nitrogens with zero attached hydrogens (tertiary/aromatic N) is 8. The Morgan fingerprint density at radius 3 is 1.39 bits per heavy atom. The molecular formula is C38H38F2N12O4. The summed E-state index contributed by atoms with van der Waals surface area (Å²) in [4.78, 5) is 48.9. The highest BCUT2D eigenvalue weighted by molar-refractivity contribution is 5.89. The van der Waals surface area contributed by atoms with Crippen LogP contribution in [0.4, 0.5) is 20.4 Å². The minimum absolute atomic E-state index is 0.0282. The number of anilines is 2. The molecule has 0 saturated heterocycles. The van der Waals surface area contributed by atoms with Crippen molar-refractivity contribution >= 4 is 45.6 Å². The van der Waals surface area contributed by atoms with Gasteiger partial charge in [0.15, 0.2) is 46.2 Å². The average Bonchev–Trinajstić information content (AvgIpc) is 3.86. The van der Waals surface area contributed by atoms with Crippen LogP contribution in [0.15, 0.2) is 49.1 Å². The van der Waals surface area contributed by atoms with Gasteiger partial charge in [-0.3, -0.25) is 19.8 Å². The van der Waals surface area contributed by atoms with Crippen molar-refractivity contribution in [3.8, 4) is 23.0 Å². The topological polar surface area (TPSA) is 233 Å². The molecule has 0 unspecified atom stereocenters. The Morgan fingerprint density at radius 2 is 1.00 bits per heavy atom. The van der Waals surface area contributed by atoms with Crippen molar-refractivity contribution in [3.63, 3.8) is 0 Å². The van der Waals surface area contributed by atoms with Crippen molar-refractivity contribution in [1.82, 2.24) is 50.3 Å². The van der Waals surface area contributed by atoms with Gasteiger partial charge >= 0.3 is 11.9 Å². The molecule has 4 bridgehead atoms. The fourth-order valence-corrected chi connectivity index (χ4v) is 9.56. The number of carboxylic acids is 2. The van der Waals surface area contributed by atoms with Crippen molar-refractivity contribution in [2.45, 2.75) is 63.5 Å². The van der Waals surface area contributed by atoms with Gasteiger partial charge in [0, 0.05) is 35.2 Å². The van der Waals surface area contributed by atoms with E-state index in [1.807, 2.05) is 12.1 Å². The normalized spacial score (nSPS) is 26.5. The van der Waals surface area contributed by atoms with E-state index in [-0.39, 0.29) is 59.0 Å². The number of carboxylic acid groups (broad SMARTS) is 2. The van der Waals surface area contributed by atoms with Crippen LogP contribution >= 0.6 is 0 Å². The van der Waals surface area contributed by atoms with E-state index in [1.54, 1.807) is 24.5 Å². The Balaban J connectivity index is 0.000000146. The van der Waals surface area contributed by atoms with Gasteiger partial charge < -0.3 is 20.8 Å². The summed E-state index contributed by atoms with van der Waals surface area (Å²) in [6.07, 6.45) is 13.0. The van der Waals surface area contributed by atoms with Gasteiger partial charge in [-0.25, -0.2) is 38.7 Å². The first-order valence-electron chi connectivity index (χ1n) is 18.9. The summed E-state index contributed by atoms with van der Waals surface area (Å²) in [5.41, 5.74) is 2.14. The summed E-state index contributed by atoms with van der Waals surface area (Å²) in [6, 6.07) is 6.56. The number of pyridine rings is 2. The van der Waals surface area contributed by atoms with Crippen LogP contribution in [0.25, 0.3) is 45.1 Å². The van der Waals surface area contributed by atoms with E-state index >= 15 is 0 Å². The molecule has 56 heavy (non-hydrogen) atoms. The van der Waals surface area contributed by atoms with Crippen LogP contribution < -0.4 is 10.6 Å². The van der Waals surface area contributed by atoms with Crippen molar-refractivity contribution in [2.24, 2.45) is 35.5 Å². The summed E-state index contributed by atoms with van der Waals surface area (Å²) in [5.74, 6) is -2.60. The van der Waals surface area contributed by atoms with Crippen molar-refractivity contribution in [1.29, 1.82) is 0 Å². The molecule has 16 nitrogen and oxygen atoms in total. The van der Waals surface area contributed by atoms with Crippen LogP contribution in [0, 0.1) is 47.1 Å². The molecule has 12 rings (SSSR count). The predicted molar refractivity (Wildman–Crippen MR) is 198 cm³/mol. The van der Waals surface area contributed by atoms with Gasteiger partial charge in [0.05, 0.1) is 24.2 Å². The highest BCUT2D eigenvalue weighted by Crippen LogP contribution is 2.47. The lowest BCUT2D eigenvalue weighted by Crippen LogP contribution is -2.51. The maximum Gasteiger partial charge on any atom is 0.308 e. The lowest BCUT2D eigenvalue weighted by atomic mass is 9.61. The van der Waals surface area contributed by atoms with Gasteiger partial charge in [0.1, 0.15) is 11.4 Å². The number of carbonyl (C=O) groups is 2. The fourth-order valence-electron chi connectivity index (χ4n) is 9.56. The quantitative estimate of drug-likeness (QED) is 0.109. The number of hydrogen-bond donors (Lipinski definition) is 6. The van der Waals surface area contributed by atoms with Crippen molar-refractivity contribution in [2.75, 3.05) is 10.6 Å². The molecule has 4 atom stereocenters. The third-order valence-electron chi connectivity index (χ3n) is 12.2. The largest absolute Gasteiger partial charge is 0.481 e. The Morgan fingerprint density at radius 1 is 0.607 bits per heavy atom. The molecule has 0 spiro atoms. The van der Waals surface area contributed by atoms with Gasteiger partial charge in [0.2, 0.25) is 0 Å². The molecule has 6 aromatic rings. The molecule has 0 amide bonds. The first-order chi connectivity index (χ1) is 27.2. The number of aromatic amines is 2. The van der Waals surface area contributed by atoms with E-state index in [0.717, 1.165) is 74.5 Å². The van der Waals surface area contributed by atoms with Gasteiger partial charge in [-0.05, 0) is 99.3 Å². The lowest BCUT2D eigenvalue weighted by Gasteiger charge is -2.47. The average molecular weight is 765 g/mol. The third kappa shape index (κ3) is 6.41. The van der Waals surface area contributed by atoms with Crippen LogP contribution in [0.3, 0.4) is 0 Å². The third-order valence-corrected chi connectivity index (χ3v) is 12.2. The Bertz CT molecular complexity index is 2260. The number of aliphatic carboxylic acids is 2. The van der Waals surface area contributed by atoms with Crippen molar-refractivity contribution < 1.29 is 28.6 Å². The number of aromatic nitrogens is 10. The van der Waals surface area contributed by atoms with E-state index in [2.05, 4.69) is 60.9 Å². The number of hydrogen-bond acceptors (Lipinski definition) is 12. The zero-order chi connectivity index (χ0) is 38.5. The molecule has 6 aliphatic rings. The second kappa shape index (κ2) is 14.5. The highest BCUT2D eigenvalue weighted by atomic mass is 19.1. The van der Waals surface area contributed by atoms with Crippen LogP contribution in [0.1, 0.15) is 51.4 Å². The Hall–Kier alpha value is -6.20. The van der Waals surface area contributed by atoms with Gasteiger partial charge in [-0.15, -0.1) is 0 Å². The van der Waals surface area contributed by atoms with Gasteiger partial charge in [-0.1, -0.05) is 0 Å². The molecule has 6 aromatic heterocycles. The molecule has 6 saturated carbocycles. The number of halogens is 2. The minimum Gasteiger partial charge on any atom is -0.481 e. The van der Waals surface area contributed by atoms with Crippen LogP contribution in [0.2, 0.25) is 0 Å². The van der Waals surface area contributed by atoms with Crippen LogP contribution in [-0.4, -0.2) is 84.5 Å². The molecule has 6 heterocycles. The van der Waals surface area contributed by atoms with E-state index < -0.39 is 35.4 Å². The first-order valence-corrected chi connectivity index (χ1v) is 18.9. The van der Waals surface area contributed by atoms with E-state index in [9.17, 15) is 28.6 Å². The molecular weight excluding hydrogens is 726 g/mol. The summed E-state index contributed by atoms with van der Waals surface area (Å²) in [5, 5.41) is 41.1. The van der Waals surface area contributed by atoms with Gasteiger partial charge in [-0.2, -0.15) is 10.2 Å². The second-order valence-corrected chi connectivity index (χ2v) is 15.1. The highest BCUT2D eigenvalue weighted by Gasteiger charge is 2.49. The molecule has 6 N–H and O–H groups in total. The maximum absolute atomic E-state index is 14.5. The smallest absolute Gasteiger partial charge is 0.308 e. The monoisotopic (exact) mass is 764 g/mol. The Labute approximate surface area is 317 Å². The summed E-state index contributed by atoms with van der Waals surface area (Å²) < 4.78 is 29.0. The van der Waals surface area contributed by atoms with E-state index in [0.29, 0.717) is 22.7 Å². The van der Waals surface area contributed by atoms with Crippen molar-refractivity contribution in [3.05, 3.63) is 60.7 Å². The number of H-pyrrole nitrogens is 2. The summed E-state index contributed by atoms with van der Waals surface area (Å²) in [6.45, 7) is 0.